The molecule has 80 valence electrons. The van der Waals surface area contributed by atoms with Crippen LogP contribution in [-0.2, 0) is 4.79 Å². The monoisotopic (exact) mass is 225 g/mol. The van der Waals surface area contributed by atoms with Gasteiger partial charge in [-0.3, -0.25) is 0 Å². The molecular formula is C11H12FNOS. The van der Waals surface area contributed by atoms with Gasteiger partial charge in [0.15, 0.2) is 0 Å². The molecule has 0 aliphatic carbocycles. The highest BCUT2D eigenvalue weighted by Crippen LogP contribution is 2.32. The summed E-state index contributed by atoms with van der Waals surface area (Å²) in [5.74, 6) is 0. The zero-order valence-corrected chi connectivity index (χ0v) is 9.42. The molecule has 0 amide bonds. The number of rotatable bonds is 4. The van der Waals surface area contributed by atoms with Gasteiger partial charge in [0.05, 0.1) is 0 Å². The SMILES string of the molecule is CC(C)Sc1ccccc1C(F)N=C=O. The van der Waals surface area contributed by atoms with Gasteiger partial charge in [-0.05, 0) is 6.07 Å². The molecule has 1 unspecified atom stereocenters. The highest BCUT2D eigenvalue weighted by molar-refractivity contribution is 8.00. The summed E-state index contributed by atoms with van der Waals surface area (Å²) in [5.41, 5.74) is 0.430. The average molecular weight is 225 g/mol. The van der Waals surface area contributed by atoms with Gasteiger partial charge in [0.1, 0.15) is 0 Å². The summed E-state index contributed by atoms with van der Waals surface area (Å²) >= 11 is 1.55. The highest BCUT2D eigenvalue weighted by atomic mass is 32.2. The average Bonchev–Trinajstić information content (AvgIpc) is 2.18. The number of thioether (sulfide) groups is 1. The van der Waals surface area contributed by atoms with Crippen molar-refractivity contribution in [2.45, 2.75) is 30.3 Å². The van der Waals surface area contributed by atoms with Gasteiger partial charge in [-0.15, -0.1) is 11.8 Å². The van der Waals surface area contributed by atoms with Crippen LogP contribution in [0.4, 0.5) is 4.39 Å². The Morgan fingerprint density at radius 3 is 2.67 bits per heavy atom. The van der Waals surface area contributed by atoms with Crippen LogP contribution in [0.25, 0.3) is 0 Å². The lowest BCUT2D eigenvalue weighted by Gasteiger charge is -2.10. The Hall–Kier alpha value is -1.12. The van der Waals surface area contributed by atoms with E-state index in [9.17, 15) is 9.18 Å². The molecule has 0 saturated carbocycles. The van der Waals surface area contributed by atoms with Crippen molar-refractivity contribution < 1.29 is 9.18 Å². The molecular weight excluding hydrogens is 213 g/mol. The van der Waals surface area contributed by atoms with E-state index in [4.69, 9.17) is 0 Å². The summed E-state index contributed by atoms with van der Waals surface area (Å²) in [7, 11) is 0. The van der Waals surface area contributed by atoms with E-state index in [0.717, 1.165) is 4.90 Å². The van der Waals surface area contributed by atoms with Gasteiger partial charge < -0.3 is 0 Å². The van der Waals surface area contributed by atoms with Gasteiger partial charge in [0, 0.05) is 15.7 Å². The fourth-order valence-corrected chi connectivity index (χ4v) is 2.12. The standard InChI is InChI=1S/C11H12FNOS/c1-8(2)15-10-6-4-3-5-9(10)11(12)13-7-14/h3-6,8,11H,1-2H3. The van der Waals surface area contributed by atoms with E-state index in [0.29, 0.717) is 10.8 Å². The first kappa shape index (κ1) is 12.0. The number of hydrogen-bond donors (Lipinski definition) is 0. The zero-order valence-electron chi connectivity index (χ0n) is 8.61. The Bertz CT molecular complexity index is 375. The van der Waals surface area contributed by atoms with Crippen LogP contribution in [0.2, 0.25) is 0 Å². The molecule has 1 rings (SSSR count). The maximum Gasteiger partial charge on any atom is 0.238 e. The maximum absolute atomic E-state index is 13.4. The van der Waals surface area contributed by atoms with Crippen LogP contribution in [0.15, 0.2) is 34.2 Å². The first-order chi connectivity index (χ1) is 7.15. The van der Waals surface area contributed by atoms with Gasteiger partial charge >= 0.3 is 0 Å². The predicted octanol–water partition coefficient (Wildman–Crippen LogP) is 3.49. The van der Waals surface area contributed by atoms with Crippen molar-refractivity contribution in [1.29, 1.82) is 0 Å². The number of hydrogen-bond acceptors (Lipinski definition) is 3. The molecule has 0 N–H and O–H groups in total. The number of halogens is 1. The minimum absolute atomic E-state index is 0.360. The third kappa shape index (κ3) is 3.50. The van der Waals surface area contributed by atoms with E-state index < -0.39 is 6.30 Å². The summed E-state index contributed by atoms with van der Waals surface area (Å²) in [4.78, 5) is 13.9. The summed E-state index contributed by atoms with van der Waals surface area (Å²) < 4.78 is 13.4. The Morgan fingerprint density at radius 1 is 1.40 bits per heavy atom. The van der Waals surface area contributed by atoms with E-state index in [-0.39, 0.29) is 0 Å². The summed E-state index contributed by atoms with van der Waals surface area (Å²) in [6, 6.07) is 7.03. The molecule has 0 aliphatic rings. The molecule has 0 radical (unpaired) electrons. The minimum Gasteiger partial charge on any atom is -0.215 e. The third-order valence-electron chi connectivity index (χ3n) is 1.70. The van der Waals surface area contributed by atoms with Crippen LogP contribution in [0.3, 0.4) is 0 Å². The number of carbonyl (C=O) groups excluding carboxylic acids is 1. The van der Waals surface area contributed by atoms with Crippen molar-refractivity contribution >= 4 is 17.8 Å². The fraction of sp³-hybridized carbons (Fsp3) is 0.364. The Kier molecular flexibility index (Phi) is 4.53. The number of benzene rings is 1. The van der Waals surface area contributed by atoms with Crippen LogP contribution in [0.5, 0.6) is 0 Å². The Balaban J connectivity index is 3.00. The Labute approximate surface area is 92.6 Å². The molecule has 0 aliphatic heterocycles. The molecule has 4 heteroatoms. The molecule has 1 aromatic rings. The summed E-state index contributed by atoms with van der Waals surface area (Å²) in [6.45, 7) is 4.05. The lowest BCUT2D eigenvalue weighted by atomic mass is 10.2. The lowest BCUT2D eigenvalue weighted by Crippen LogP contribution is -1.94. The van der Waals surface area contributed by atoms with Gasteiger partial charge in [0.2, 0.25) is 12.4 Å². The number of isocyanates is 1. The predicted molar refractivity (Wildman–Crippen MR) is 59.4 cm³/mol. The molecule has 0 saturated heterocycles. The first-order valence-corrected chi connectivity index (χ1v) is 5.49. The second-order valence-corrected chi connectivity index (χ2v) is 4.88. The van der Waals surface area contributed by atoms with Crippen molar-refractivity contribution in [2.24, 2.45) is 4.99 Å². The number of aliphatic imine (C=N–C) groups is 1. The first-order valence-electron chi connectivity index (χ1n) is 4.61. The molecule has 0 fully saturated rings. The molecule has 0 bridgehead atoms. The number of alkyl halides is 1. The molecule has 0 heterocycles. The smallest absolute Gasteiger partial charge is 0.215 e. The quantitative estimate of drug-likeness (QED) is 0.340. The minimum atomic E-state index is -1.61. The second kappa shape index (κ2) is 5.69. The summed E-state index contributed by atoms with van der Waals surface area (Å²) in [6.07, 6.45) is -0.369. The fourth-order valence-electron chi connectivity index (χ4n) is 1.15. The molecule has 1 aromatic carbocycles. The number of nitrogens with zero attached hydrogens (tertiary/aromatic N) is 1. The van der Waals surface area contributed by atoms with Crippen molar-refractivity contribution in [2.75, 3.05) is 0 Å². The van der Waals surface area contributed by atoms with Crippen LogP contribution < -0.4 is 0 Å². The Morgan fingerprint density at radius 2 is 2.07 bits per heavy atom. The van der Waals surface area contributed by atoms with Crippen LogP contribution >= 0.6 is 11.8 Å². The van der Waals surface area contributed by atoms with Gasteiger partial charge in [0.25, 0.3) is 0 Å². The van der Waals surface area contributed by atoms with E-state index >= 15 is 0 Å². The maximum atomic E-state index is 13.4. The molecule has 2 nitrogen and oxygen atoms in total. The second-order valence-electron chi connectivity index (χ2n) is 3.26. The topological polar surface area (TPSA) is 29.4 Å². The van der Waals surface area contributed by atoms with Crippen LogP contribution in [0.1, 0.15) is 25.7 Å². The van der Waals surface area contributed by atoms with E-state index in [1.54, 1.807) is 23.9 Å². The van der Waals surface area contributed by atoms with E-state index in [1.165, 1.54) is 6.08 Å². The van der Waals surface area contributed by atoms with Gasteiger partial charge in [-0.2, -0.15) is 4.99 Å². The molecule has 1 atom stereocenters. The van der Waals surface area contributed by atoms with Gasteiger partial charge in [-0.25, -0.2) is 9.18 Å². The molecule has 0 spiro atoms. The summed E-state index contributed by atoms with van der Waals surface area (Å²) in [5, 5.41) is 0.360. The van der Waals surface area contributed by atoms with Crippen molar-refractivity contribution in [3.8, 4) is 0 Å². The lowest BCUT2D eigenvalue weighted by molar-refractivity contribution is 0.352. The van der Waals surface area contributed by atoms with Crippen molar-refractivity contribution in [1.82, 2.24) is 0 Å². The van der Waals surface area contributed by atoms with E-state index in [1.807, 2.05) is 26.0 Å². The molecule has 15 heavy (non-hydrogen) atoms. The highest BCUT2D eigenvalue weighted by Gasteiger charge is 2.13. The third-order valence-corrected chi connectivity index (χ3v) is 2.80. The van der Waals surface area contributed by atoms with Crippen molar-refractivity contribution in [3.63, 3.8) is 0 Å². The van der Waals surface area contributed by atoms with Gasteiger partial charge in [-0.1, -0.05) is 32.0 Å². The van der Waals surface area contributed by atoms with Crippen molar-refractivity contribution in [3.05, 3.63) is 29.8 Å². The normalized spacial score (nSPS) is 12.3. The largest absolute Gasteiger partial charge is 0.238 e. The zero-order chi connectivity index (χ0) is 11.3. The van der Waals surface area contributed by atoms with Crippen LogP contribution in [-0.4, -0.2) is 11.3 Å². The van der Waals surface area contributed by atoms with Crippen LogP contribution in [0, 0.1) is 0 Å². The van der Waals surface area contributed by atoms with E-state index in [2.05, 4.69) is 4.99 Å². The molecule has 0 aromatic heterocycles.